The molecule has 7 heteroatoms. The molecular formula is C22H23NO4S2. The van der Waals surface area contributed by atoms with E-state index in [2.05, 4.69) is 27.9 Å². The molecule has 29 heavy (non-hydrogen) atoms. The van der Waals surface area contributed by atoms with E-state index in [1.807, 2.05) is 24.3 Å². The highest BCUT2D eigenvalue weighted by Gasteiger charge is 2.24. The van der Waals surface area contributed by atoms with Crippen LogP contribution in [-0.4, -0.2) is 37.4 Å². The Morgan fingerprint density at radius 3 is 2.86 bits per heavy atom. The molecule has 0 saturated carbocycles. The predicted molar refractivity (Wildman–Crippen MR) is 118 cm³/mol. The first-order chi connectivity index (χ1) is 14.1. The summed E-state index contributed by atoms with van der Waals surface area (Å²) in [5, 5.41) is 12.6. The number of rotatable bonds is 8. The number of aliphatic carboxylic acids is 1. The minimum atomic E-state index is -0.953. The van der Waals surface area contributed by atoms with E-state index in [0.717, 1.165) is 30.7 Å². The summed E-state index contributed by atoms with van der Waals surface area (Å²) in [5.74, 6) is -0.170. The van der Waals surface area contributed by atoms with Crippen molar-refractivity contribution >= 4 is 34.3 Å². The molecule has 1 aliphatic heterocycles. The lowest BCUT2D eigenvalue weighted by atomic mass is 10.1. The molecule has 0 bridgehead atoms. The number of carboxylic acids is 1. The van der Waals surface area contributed by atoms with Crippen molar-refractivity contribution in [2.75, 3.05) is 24.6 Å². The van der Waals surface area contributed by atoms with Crippen molar-refractivity contribution in [2.24, 2.45) is 0 Å². The second kappa shape index (κ2) is 9.07. The fourth-order valence-electron chi connectivity index (χ4n) is 3.45. The highest BCUT2D eigenvalue weighted by atomic mass is 32.2. The Bertz CT molecular complexity index is 933. The van der Waals surface area contributed by atoms with Crippen LogP contribution >= 0.6 is 23.3 Å². The molecule has 0 radical (unpaired) electrons. The Kier molecular flexibility index (Phi) is 6.28. The number of carbonyl (C=O) groups is 1. The van der Waals surface area contributed by atoms with Gasteiger partial charge in [-0.15, -0.1) is 11.3 Å². The van der Waals surface area contributed by atoms with Crippen molar-refractivity contribution in [3.8, 4) is 5.75 Å². The van der Waals surface area contributed by atoms with Crippen molar-refractivity contribution in [2.45, 2.75) is 25.4 Å². The zero-order chi connectivity index (χ0) is 20.2. The summed E-state index contributed by atoms with van der Waals surface area (Å²) in [6.07, 6.45) is 6.07. The first kappa shape index (κ1) is 20.1. The number of allylic oxidation sites excluding steroid dienone is 3. The molecule has 1 N–H and O–H groups in total. The van der Waals surface area contributed by atoms with Gasteiger partial charge in [-0.05, 0) is 65.1 Å². The average molecular weight is 430 g/mol. The number of fused-ring (bicyclic) bond motifs is 1. The first-order valence-electron chi connectivity index (χ1n) is 9.52. The lowest BCUT2D eigenvalue weighted by molar-refractivity contribution is -0.148. The predicted octanol–water partition coefficient (Wildman–Crippen LogP) is 4.69. The van der Waals surface area contributed by atoms with Gasteiger partial charge in [0.05, 0.1) is 6.54 Å². The Morgan fingerprint density at radius 1 is 1.28 bits per heavy atom. The zero-order valence-corrected chi connectivity index (χ0v) is 17.8. The zero-order valence-electron chi connectivity index (χ0n) is 16.2. The standard InChI is InChI=1S/C22H23NO4S2/c1-26-19(22(24)25)13-15-5-7-18(8-6-15)27-11-10-23-21-17(9-12-28-21)14-16-3-2-4-20(16)29-23/h2,4-9,12,19H,3,10-11,13-14H2,1H3,(H,24,25). The molecule has 0 saturated heterocycles. The Labute approximate surface area is 178 Å². The van der Waals surface area contributed by atoms with Crippen LogP contribution in [0.15, 0.2) is 58.3 Å². The Hall–Kier alpha value is -2.22. The number of hydrogen-bond acceptors (Lipinski definition) is 6. The van der Waals surface area contributed by atoms with Gasteiger partial charge in [0.25, 0.3) is 0 Å². The lowest BCUT2D eigenvalue weighted by Gasteiger charge is -2.22. The van der Waals surface area contributed by atoms with E-state index in [0.29, 0.717) is 13.0 Å². The maximum Gasteiger partial charge on any atom is 0.333 e. The van der Waals surface area contributed by atoms with E-state index in [1.165, 1.54) is 28.2 Å². The van der Waals surface area contributed by atoms with Crippen LogP contribution in [0, 0.1) is 0 Å². The van der Waals surface area contributed by atoms with Gasteiger partial charge in [0.2, 0.25) is 0 Å². The third-order valence-corrected chi connectivity index (χ3v) is 7.31. The molecule has 2 heterocycles. The van der Waals surface area contributed by atoms with Gasteiger partial charge in [-0.2, -0.15) is 0 Å². The highest BCUT2D eigenvalue weighted by molar-refractivity contribution is 8.04. The molecular weight excluding hydrogens is 406 g/mol. The Morgan fingerprint density at radius 2 is 2.10 bits per heavy atom. The molecule has 5 nitrogen and oxygen atoms in total. The minimum absolute atomic E-state index is 0.336. The summed E-state index contributed by atoms with van der Waals surface area (Å²) in [6.45, 7) is 1.36. The van der Waals surface area contributed by atoms with Crippen molar-refractivity contribution in [1.82, 2.24) is 0 Å². The number of carboxylic acid groups (broad SMARTS) is 1. The van der Waals surface area contributed by atoms with Crippen LogP contribution in [-0.2, 0) is 22.4 Å². The Balaban J connectivity index is 1.34. The fourth-order valence-corrected chi connectivity index (χ4v) is 5.60. The van der Waals surface area contributed by atoms with Gasteiger partial charge in [0.1, 0.15) is 17.4 Å². The number of thiophene rings is 1. The third-order valence-electron chi connectivity index (χ3n) is 5.01. The highest BCUT2D eigenvalue weighted by Crippen LogP contribution is 2.44. The van der Waals surface area contributed by atoms with Gasteiger partial charge < -0.3 is 14.6 Å². The van der Waals surface area contributed by atoms with Crippen LogP contribution in [0.5, 0.6) is 5.75 Å². The molecule has 4 rings (SSSR count). The SMILES string of the molecule is COC(Cc1ccc(OCCN2SC3=C(CC=C3)Cc3ccsc32)cc1)C(=O)O. The minimum Gasteiger partial charge on any atom is -0.492 e. The second-order valence-corrected chi connectivity index (χ2v) is 8.91. The lowest BCUT2D eigenvalue weighted by Crippen LogP contribution is -2.24. The van der Waals surface area contributed by atoms with Crippen LogP contribution in [0.4, 0.5) is 5.00 Å². The third kappa shape index (κ3) is 4.69. The molecule has 0 fully saturated rings. The van der Waals surface area contributed by atoms with Crippen LogP contribution in [0.1, 0.15) is 17.5 Å². The molecule has 152 valence electrons. The molecule has 0 amide bonds. The molecule has 2 aliphatic rings. The van der Waals surface area contributed by atoms with Crippen LogP contribution < -0.4 is 9.04 Å². The van der Waals surface area contributed by atoms with Gasteiger partial charge in [0, 0.05) is 18.4 Å². The van der Waals surface area contributed by atoms with Gasteiger partial charge in [-0.3, -0.25) is 4.31 Å². The molecule has 0 spiro atoms. The molecule has 1 aromatic carbocycles. The summed E-state index contributed by atoms with van der Waals surface area (Å²) in [7, 11) is 1.41. The molecule has 1 unspecified atom stereocenters. The average Bonchev–Trinajstić information content (AvgIpc) is 3.34. The van der Waals surface area contributed by atoms with Crippen molar-refractivity contribution in [1.29, 1.82) is 0 Å². The van der Waals surface area contributed by atoms with Gasteiger partial charge in [-0.1, -0.05) is 24.3 Å². The first-order valence-corrected chi connectivity index (χ1v) is 11.2. The molecule has 1 aromatic heterocycles. The number of anilines is 1. The van der Waals surface area contributed by atoms with E-state index >= 15 is 0 Å². The van der Waals surface area contributed by atoms with Crippen LogP contribution in [0.25, 0.3) is 0 Å². The molecule has 2 aromatic rings. The maximum absolute atomic E-state index is 11.1. The van der Waals surface area contributed by atoms with Crippen molar-refractivity contribution < 1.29 is 19.4 Å². The summed E-state index contributed by atoms with van der Waals surface area (Å²) in [5.41, 5.74) is 3.81. The van der Waals surface area contributed by atoms with Gasteiger partial charge in [0.15, 0.2) is 6.10 Å². The van der Waals surface area contributed by atoms with Crippen molar-refractivity contribution in [3.05, 3.63) is 69.5 Å². The number of benzene rings is 1. The smallest absolute Gasteiger partial charge is 0.333 e. The summed E-state index contributed by atoms with van der Waals surface area (Å²) < 4.78 is 13.3. The summed E-state index contributed by atoms with van der Waals surface area (Å²) in [6, 6.07) is 9.78. The van der Waals surface area contributed by atoms with Gasteiger partial charge >= 0.3 is 5.97 Å². The number of methoxy groups -OCH3 is 1. The maximum atomic E-state index is 11.1. The normalized spacial score (nSPS) is 16.4. The number of hydrogen-bond donors (Lipinski definition) is 1. The summed E-state index contributed by atoms with van der Waals surface area (Å²) in [4.78, 5) is 12.5. The second-order valence-electron chi connectivity index (χ2n) is 6.95. The van der Waals surface area contributed by atoms with Gasteiger partial charge in [-0.25, -0.2) is 4.79 Å². The number of ether oxygens (including phenoxy) is 2. The van der Waals surface area contributed by atoms with Crippen LogP contribution in [0.3, 0.4) is 0 Å². The topological polar surface area (TPSA) is 59.0 Å². The quantitative estimate of drug-likeness (QED) is 0.614. The van der Waals surface area contributed by atoms with Crippen LogP contribution in [0.2, 0.25) is 0 Å². The summed E-state index contributed by atoms with van der Waals surface area (Å²) >= 11 is 3.59. The van der Waals surface area contributed by atoms with E-state index in [9.17, 15) is 4.79 Å². The van der Waals surface area contributed by atoms with E-state index in [-0.39, 0.29) is 0 Å². The van der Waals surface area contributed by atoms with E-state index in [1.54, 1.807) is 23.3 Å². The fraction of sp³-hybridized carbons (Fsp3) is 0.318. The van der Waals surface area contributed by atoms with Crippen molar-refractivity contribution in [3.63, 3.8) is 0 Å². The monoisotopic (exact) mass is 429 g/mol. The van der Waals surface area contributed by atoms with E-state index in [4.69, 9.17) is 14.6 Å². The molecule has 1 aliphatic carbocycles. The number of nitrogens with zero attached hydrogens (tertiary/aromatic N) is 1. The largest absolute Gasteiger partial charge is 0.492 e. The van der Waals surface area contributed by atoms with E-state index < -0.39 is 12.1 Å². The molecule has 1 atom stereocenters.